The second-order valence-electron chi connectivity index (χ2n) is 4.90. The summed E-state index contributed by atoms with van der Waals surface area (Å²) in [5.41, 5.74) is 5.94. The van der Waals surface area contributed by atoms with E-state index in [9.17, 15) is 0 Å². The molecule has 0 aromatic rings. The lowest BCUT2D eigenvalue weighted by atomic mass is 9.97. The highest BCUT2D eigenvalue weighted by molar-refractivity contribution is 4.85. The molecule has 2 aliphatic rings. The van der Waals surface area contributed by atoms with Crippen molar-refractivity contribution in [1.29, 1.82) is 0 Å². The summed E-state index contributed by atoms with van der Waals surface area (Å²) in [5.74, 6) is 0.665. The third kappa shape index (κ3) is 2.74. The number of rotatable bonds is 4. The summed E-state index contributed by atoms with van der Waals surface area (Å²) in [6, 6.07) is 0.543. The normalized spacial score (nSPS) is 30.8. The van der Waals surface area contributed by atoms with Crippen molar-refractivity contribution in [2.24, 2.45) is 11.7 Å². The molecular weight excluding hydrogens is 202 g/mol. The van der Waals surface area contributed by atoms with Gasteiger partial charge in [0.1, 0.15) is 0 Å². The zero-order valence-corrected chi connectivity index (χ0v) is 10.4. The molecule has 2 saturated heterocycles. The average Bonchev–Trinajstić information content (AvgIpc) is 2.85. The van der Waals surface area contributed by atoms with Gasteiger partial charge in [0.05, 0.1) is 6.61 Å². The Morgan fingerprint density at radius 3 is 2.56 bits per heavy atom. The van der Waals surface area contributed by atoms with Crippen molar-refractivity contribution in [2.45, 2.75) is 19.4 Å². The fourth-order valence-electron chi connectivity index (χ4n) is 2.91. The minimum Gasteiger partial charge on any atom is -0.381 e. The van der Waals surface area contributed by atoms with Gasteiger partial charge in [0.15, 0.2) is 0 Å². The molecule has 0 aliphatic carbocycles. The van der Waals surface area contributed by atoms with E-state index in [-0.39, 0.29) is 0 Å². The molecule has 2 heterocycles. The predicted octanol–water partition coefficient (Wildman–Crippen LogP) is -0.0123. The van der Waals surface area contributed by atoms with E-state index in [1.165, 1.54) is 39.1 Å². The molecule has 4 nitrogen and oxygen atoms in total. The fraction of sp³-hybridized carbons (Fsp3) is 1.00. The Hall–Kier alpha value is -0.160. The zero-order valence-electron chi connectivity index (χ0n) is 10.4. The van der Waals surface area contributed by atoms with Crippen molar-refractivity contribution in [1.82, 2.24) is 9.80 Å². The van der Waals surface area contributed by atoms with E-state index in [1.807, 2.05) is 0 Å². The highest BCUT2D eigenvalue weighted by Gasteiger charge is 2.31. The monoisotopic (exact) mass is 227 g/mol. The van der Waals surface area contributed by atoms with Gasteiger partial charge in [-0.3, -0.25) is 4.90 Å². The number of likely N-dealkylation sites (N-methyl/N-ethyl adjacent to an activating group) is 1. The smallest absolute Gasteiger partial charge is 0.0510 e. The Morgan fingerprint density at radius 2 is 2.06 bits per heavy atom. The van der Waals surface area contributed by atoms with Gasteiger partial charge in [0, 0.05) is 51.3 Å². The summed E-state index contributed by atoms with van der Waals surface area (Å²) in [6.07, 6.45) is 1.19. The quantitative estimate of drug-likeness (QED) is 0.733. The number of ether oxygens (including phenoxy) is 1. The summed E-state index contributed by atoms with van der Waals surface area (Å²) in [7, 11) is 0. The third-order valence-electron chi connectivity index (χ3n) is 4.07. The Morgan fingerprint density at radius 1 is 1.31 bits per heavy atom. The minimum absolute atomic E-state index is 0.543. The molecule has 2 aliphatic heterocycles. The third-order valence-corrected chi connectivity index (χ3v) is 4.07. The molecule has 4 heteroatoms. The van der Waals surface area contributed by atoms with Gasteiger partial charge in [-0.1, -0.05) is 6.92 Å². The van der Waals surface area contributed by atoms with Gasteiger partial charge in [0.25, 0.3) is 0 Å². The van der Waals surface area contributed by atoms with Crippen molar-refractivity contribution >= 4 is 0 Å². The second-order valence-corrected chi connectivity index (χ2v) is 4.90. The second kappa shape index (κ2) is 5.96. The molecule has 0 amide bonds. The minimum atomic E-state index is 0.543. The van der Waals surface area contributed by atoms with Crippen LogP contribution >= 0.6 is 0 Å². The maximum absolute atomic E-state index is 5.94. The number of nitrogens with zero attached hydrogens (tertiary/aromatic N) is 2. The Labute approximate surface area is 98.7 Å². The molecule has 0 bridgehead atoms. The van der Waals surface area contributed by atoms with Crippen LogP contribution in [0.2, 0.25) is 0 Å². The van der Waals surface area contributed by atoms with Crippen LogP contribution in [-0.2, 0) is 4.74 Å². The number of hydrogen-bond acceptors (Lipinski definition) is 4. The topological polar surface area (TPSA) is 41.7 Å². The summed E-state index contributed by atoms with van der Waals surface area (Å²) in [5, 5.41) is 0. The largest absolute Gasteiger partial charge is 0.381 e. The van der Waals surface area contributed by atoms with E-state index >= 15 is 0 Å². The van der Waals surface area contributed by atoms with Gasteiger partial charge in [-0.2, -0.15) is 0 Å². The van der Waals surface area contributed by atoms with E-state index < -0.39 is 0 Å². The summed E-state index contributed by atoms with van der Waals surface area (Å²) < 4.78 is 5.48. The van der Waals surface area contributed by atoms with E-state index in [2.05, 4.69) is 16.7 Å². The molecule has 0 aromatic heterocycles. The maximum Gasteiger partial charge on any atom is 0.0510 e. The SMILES string of the molecule is CCN1CCN(C(CN)C2CCOC2)CC1. The Bertz CT molecular complexity index is 198. The Balaban J connectivity index is 1.85. The first kappa shape index (κ1) is 12.3. The average molecular weight is 227 g/mol. The van der Waals surface area contributed by atoms with Crippen molar-refractivity contribution in [3.05, 3.63) is 0 Å². The van der Waals surface area contributed by atoms with Crippen LogP contribution < -0.4 is 5.73 Å². The van der Waals surface area contributed by atoms with Gasteiger partial charge < -0.3 is 15.4 Å². The highest BCUT2D eigenvalue weighted by Crippen LogP contribution is 2.21. The first-order valence-electron chi connectivity index (χ1n) is 6.59. The molecule has 0 saturated carbocycles. The number of hydrogen-bond donors (Lipinski definition) is 1. The predicted molar refractivity (Wildman–Crippen MR) is 65.5 cm³/mol. The van der Waals surface area contributed by atoms with Crippen molar-refractivity contribution in [3.8, 4) is 0 Å². The highest BCUT2D eigenvalue weighted by atomic mass is 16.5. The van der Waals surface area contributed by atoms with Crippen LogP contribution in [0.5, 0.6) is 0 Å². The molecule has 0 radical (unpaired) electrons. The lowest BCUT2D eigenvalue weighted by Crippen LogP contribution is -2.54. The molecule has 16 heavy (non-hydrogen) atoms. The van der Waals surface area contributed by atoms with Gasteiger partial charge in [0.2, 0.25) is 0 Å². The van der Waals surface area contributed by atoms with E-state index in [0.29, 0.717) is 12.0 Å². The van der Waals surface area contributed by atoms with Crippen molar-refractivity contribution in [2.75, 3.05) is 52.5 Å². The fourth-order valence-corrected chi connectivity index (χ4v) is 2.91. The molecule has 2 fully saturated rings. The van der Waals surface area contributed by atoms with Gasteiger partial charge in [-0.25, -0.2) is 0 Å². The maximum atomic E-state index is 5.94. The molecule has 0 spiro atoms. The number of piperazine rings is 1. The Kier molecular flexibility index (Phi) is 4.58. The summed E-state index contributed by atoms with van der Waals surface area (Å²) in [6.45, 7) is 10.8. The van der Waals surface area contributed by atoms with Gasteiger partial charge in [-0.05, 0) is 13.0 Å². The van der Waals surface area contributed by atoms with Crippen LogP contribution in [0, 0.1) is 5.92 Å². The molecule has 2 atom stereocenters. The van der Waals surface area contributed by atoms with Crippen LogP contribution in [0.1, 0.15) is 13.3 Å². The van der Waals surface area contributed by atoms with E-state index in [0.717, 1.165) is 19.8 Å². The summed E-state index contributed by atoms with van der Waals surface area (Å²) >= 11 is 0. The van der Waals surface area contributed by atoms with Crippen molar-refractivity contribution < 1.29 is 4.74 Å². The molecule has 2 rings (SSSR count). The molecule has 2 N–H and O–H groups in total. The lowest BCUT2D eigenvalue weighted by Gasteiger charge is -2.40. The zero-order chi connectivity index (χ0) is 11.4. The first-order valence-corrected chi connectivity index (χ1v) is 6.59. The number of nitrogens with two attached hydrogens (primary N) is 1. The van der Waals surface area contributed by atoms with Crippen LogP contribution in [-0.4, -0.2) is 68.3 Å². The standard InChI is InChI=1S/C12H25N3O/c1-2-14-4-6-15(7-5-14)12(9-13)11-3-8-16-10-11/h11-12H,2-10,13H2,1H3. The molecule has 0 aromatic carbocycles. The van der Waals surface area contributed by atoms with Gasteiger partial charge >= 0.3 is 0 Å². The molecule has 2 unspecified atom stereocenters. The van der Waals surface area contributed by atoms with Crippen LogP contribution in [0.4, 0.5) is 0 Å². The van der Waals surface area contributed by atoms with Crippen LogP contribution in [0.3, 0.4) is 0 Å². The van der Waals surface area contributed by atoms with Crippen LogP contribution in [0.25, 0.3) is 0 Å². The van der Waals surface area contributed by atoms with E-state index in [1.54, 1.807) is 0 Å². The molecular formula is C12H25N3O. The molecule has 94 valence electrons. The van der Waals surface area contributed by atoms with Crippen LogP contribution in [0.15, 0.2) is 0 Å². The van der Waals surface area contributed by atoms with E-state index in [4.69, 9.17) is 10.5 Å². The first-order chi connectivity index (χ1) is 7.85. The lowest BCUT2D eigenvalue weighted by molar-refractivity contribution is 0.0691. The van der Waals surface area contributed by atoms with Crippen molar-refractivity contribution in [3.63, 3.8) is 0 Å². The van der Waals surface area contributed by atoms with Gasteiger partial charge in [-0.15, -0.1) is 0 Å². The summed E-state index contributed by atoms with van der Waals surface area (Å²) in [4.78, 5) is 5.08.